The summed E-state index contributed by atoms with van der Waals surface area (Å²) in [4.78, 5) is 21.7. The Balaban J connectivity index is 3.33. The van der Waals surface area contributed by atoms with E-state index < -0.39 is 33.5 Å². The molecule has 0 aliphatic carbocycles. The topological polar surface area (TPSA) is 102 Å². The van der Waals surface area contributed by atoms with E-state index in [0.29, 0.717) is 12.5 Å². The summed E-state index contributed by atoms with van der Waals surface area (Å²) in [5.74, 6) is -1.95. The number of nitrogens with zero attached hydrogens (tertiary/aromatic N) is 1. The van der Waals surface area contributed by atoms with Gasteiger partial charge in [-0.05, 0) is 26.3 Å². The molecule has 0 saturated carbocycles. The van der Waals surface area contributed by atoms with Crippen molar-refractivity contribution in [2.24, 2.45) is 0 Å². The van der Waals surface area contributed by atoms with Gasteiger partial charge in [-0.25, -0.2) is 9.18 Å². The summed E-state index contributed by atoms with van der Waals surface area (Å²) in [6, 6.07) is 1.71. The molecule has 0 aliphatic heterocycles. The number of hydrogen-bond donors (Lipinski definition) is 2. The predicted octanol–water partition coefficient (Wildman–Crippen LogP) is 2.09. The van der Waals surface area contributed by atoms with E-state index in [0.717, 1.165) is 13.2 Å². The van der Waals surface area contributed by atoms with Crippen molar-refractivity contribution < 1.29 is 24.0 Å². The van der Waals surface area contributed by atoms with Gasteiger partial charge in [-0.1, -0.05) is 0 Å². The molecule has 0 unspecified atom stereocenters. The van der Waals surface area contributed by atoms with Crippen LogP contribution in [0.1, 0.15) is 30.6 Å². The Morgan fingerprint density at radius 1 is 1.52 bits per heavy atom. The van der Waals surface area contributed by atoms with E-state index in [1.807, 2.05) is 0 Å². The number of anilines is 1. The molecule has 1 aromatic rings. The number of carbonyl (C=O) groups excluding carboxylic acids is 1. The molecule has 0 aromatic heterocycles. The minimum Gasteiger partial charge on any atom is -0.465 e. The number of halogens is 1. The zero-order chi connectivity index (χ0) is 16.2. The quantitative estimate of drug-likeness (QED) is 0.474. The Morgan fingerprint density at radius 3 is 2.62 bits per heavy atom. The van der Waals surface area contributed by atoms with E-state index in [-0.39, 0.29) is 12.3 Å². The molecule has 0 aliphatic rings. The van der Waals surface area contributed by atoms with Gasteiger partial charge in [-0.3, -0.25) is 10.1 Å². The van der Waals surface area contributed by atoms with Crippen molar-refractivity contribution in [1.82, 2.24) is 0 Å². The van der Waals surface area contributed by atoms with E-state index in [4.69, 9.17) is 5.11 Å². The molecular formula is C13H17FN2O5. The van der Waals surface area contributed by atoms with Crippen LogP contribution >= 0.6 is 0 Å². The Kier molecular flexibility index (Phi) is 5.20. The molecule has 21 heavy (non-hydrogen) atoms. The average molecular weight is 300 g/mol. The van der Waals surface area contributed by atoms with Crippen LogP contribution < -0.4 is 5.32 Å². The highest BCUT2D eigenvalue weighted by Gasteiger charge is 2.26. The van der Waals surface area contributed by atoms with Crippen LogP contribution in [-0.2, 0) is 4.74 Å². The van der Waals surface area contributed by atoms with Crippen LogP contribution in [0.25, 0.3) is 0 Å². The fraction of sp³-hybridized carbons (Fsp3) is 0.462. The highest BCUT2D eigenvalue weighted by Crippen LogP contribution is 2.31. The molecule has 0 fully saturated rings. The molecule has 1 aromatic carbocycles. The Labute approximate surface area is 120 Å². The number of methoxy groups -OCH3 is 1. The highest BCUT2D eigenvalue weighted by atomic mass is 19.1. The first-order valence-corrected chi connectivity index (χ1v) is 6.17. The lowest BCUT2D eigenvalue weighted by Crippen LogP contribution is -2.32. The van der Waals surface area contributed by atoms with Gasteiger partial charge in [-0.2, -0.15) is 0 Å². The van der Waals surface area contributed by atoms with Gasteiger partial charge in [0.2, 0.25) is 0 Å². The molecule has 0 spiro atoms. The standard InChI is InChI=1S/C13H17FN2O5/c1-13(2,4-5-17)15-10-6-8(12(18)21-3)9(14)7-11(10)16(19)20/h6-7,15,17H,4-5H2,1-3H3. The summed E-state index contributed by atoms with van der Waals surface area (Å²) >= 11 is 0. The minimum atomic E-state index is -1.03. The van der Waals surface area contributed by atoms with Crippen LogP contribution in [0.4, 0.5) is 15.8 Å². The van der Waals surface area contributed by atoms with Gasteiger partial charge >= 0.3 is 5.97 Å². The minimum absolute atomic E-state index is 0.0137. The van der Waals surface area contributed by atoms with Gasteiger partial charge in [0.1, 0.15) is 11.5 Å². The smallest absolute Gasteiger partial charge is 0.340 e. The lowest BCUT2D eigenvalue weighted by atomic mass is 10.00. The number of esters is 1. The molecule has 0 atom stereocenters. The Morgan fingerprint density at radius 2 is 2.14 bits per heavy atom. The van der Waals surface area contributed by atoms with Crippen molar-refractivity contribution in [2.75, 3.05) is 19.0 Å². The predicted molar refractivity (Wildman–Crippen MR) is 73.8 cm³/mol. The third kappa shape index (κ3) is 4.12. The molecule has 0 heterocycles. The van der Waals surface area contributed by atoms with Gasteiger partial charge in [0, 0.05) is 12.1 Å². The van der Waals surface area contributed by atoms with Crippen LogP contribution in [0, 0.1) is 15.9 Å². The summed E-state index contributed by atoms with van der Waals surface area (Å²) in [6.07, 6.45) is 0.315. The second kappa shape index (κ2) is 6.49. The maximum Gasteiger partial charge on any atom is 0.340 e. The normalized spacial score (nSPS) is 11.1. The molecular weight excluding hydrogens is 283 g/mol. The van der Waals surface area contributed by atoms with Crippen LogP contribution in [0.15, 0.2) is 12.1 Å². The molecule has 0 radical (unpaired) electrons. The maximum absolute atomic E-state index is 13.7. The molecule has 0 bridgehead atoms. The number of carbonyl (C=O) groups is 1. The molecule has 7 nitrogen and oxygen atoms in total. The number of nitro benzene ring substituents is 1. The van der Waals surface area contributed by atoms with Crippen LogP contribution in [0.2, 0.25) is 0 Å². The van der Waals surface area contributed by atoms with E-state index >= 15 is 0 Å². The lowest BCUT2D eigenvalue weighted by Gasteiger charge is -2.26. The number of hydrogen-bond acceptors (Lipinski definition) is 6. The summed E-state index contributed by atoms with van der Waals surface area (Å²) in [6.45, 7) is 3.31. The Hall–Kier alpha value is -2.22. The number of nitrogens with one attached hydrogen (secondary N) is 1. The second-order valence-electron chi connectivity index (χ2n) is 5.08. The first kappa shape index (κ1) is 16.8. The third-order valence-corrected chi connectivity index (χ3v) is 2.90. The van der Waals surface area contributed by atoms with Gasteiger partial charge in [-0.15, -0.1) is 0 Å². The van der Waals surface area contributed by atoms with Gasteiger partial charge in [0.25, 0.3) is 5.69 Å². The molecule has 8 heteroatoms. The van der Waals surface area contributed by atoms with Crippen molar-refractivity contribution >= 4 is 17.3 Å². The number of rotatable bonds is 6. The van der Waals surface area contributed by atoms with Gasteiger partial charge in [0.15, 0.2) is 0 Å². The molecule has 0 saturated heterocycles. The first-order chi connectivity index (χ1) is 9.71. The summed E-state index contributed by atoms with van der Waals surface area (Å²) in [7, 11) is 1.09. The van der Waals surface area contributed by atoms with Crippen molar-refractivity contribution in [3.05, 3.63) is 33.6 Å². The van der Waals surface area contributed by atoms with E-state index in [1.54, 1.807) is 13.8 Å². The van der Waals surface area contributed by atoms with Crippen molar-refractivity contribution in [3.8, 4) is 0 Å². The number of ether oxygens (including phenoxy) is 1. The molecule has 1 rings (SSSR count). The first-order valence-electron chi connectivity index (χ1n) is 6.17. The van der Waals surface area contributed by atoms with Crippen molar-refractivity contribution in [2.45, 2.75) is 25.8 Å². The van der Waals surface area contributed by atoms with Crippen LogP contribution in [0.5, 0.6) is 0 Å². The number of nitro groups is 1. The van der Waals surface area contributed by atoms with E-state index in [2.05, 4.69) is 10.1 Å². The summed E-state index contributed by atoms with van der Waals surface area (Å²) < 4.78 is 18.2. The summed E-state index contributed by atoms with van der Waals surface area (Å²) in [5.41, 5.74) is -1.58. The largest absolute Gasteiger partial charge is 0.465 e. The molecule has 116 valence electrons. The number of aliphatic hydroxyl groups is 1. The second-order valence-corrected chi connectivity index (χ2v) is 5.08. The fourth-order valence-corrected chi connectivity index (χ4v) is 1.79. The number of benzene rings is 1. The zero-order valence-corrected chi connectivity index (χ0v) is 12.0. The highest BCUT2D eigenvalue weighted by molar-refractivity contribution is 5.92. The van der Waals surface area contributed by atoms with E-state index in [1.165, 1.54) is 0 Å². The maximum atomic E-state index is 13.7. The third-order valence-electron chi connectivity index (χ3n) is 2.90. The molecule has 0 amide bonds. The van der Waals surface area contributed by atoms with Crippen LogP contribution in [0.3, 0.4) is 0 Å². The monoisotopic (exact) mass is 300 g/mol. The van der Waals surface area contributed by atoms with Gasteiger partial charge in [0.05, 0.1) is 23.7 Å². The van der Waals surface area contributed by atoms with Crippen LogP contribution in [-0.4, -0.2) is 35.3 Å². The fourth-order valence-electron chi connectivity index (χ4n) is 1.79. The number of aliphatic hydroxyl groups excluding tert-OH is 1. The van der Waals surface area contributed by atoms with Crippen molar-refractivity contribution in [1.29, 1.82) is 0 Å². The molecule has 2 N–H and O–H groups in total. The Bertz CT molecular complexity index is 560. The van der Waals surface area contributed by atoms with Gasteiger partial charge < -0.3 is 15.2 Å². The average Bonchev–Trinajstić information content (AvgIpc) is 2.38. The van der Waals surface area contributed by atoms with Crippen molar-refractivity contribution in [3.63, 3.8) is 0 Å². The van der Waals surface area contributed by atoms with E-state index in [9.17, 15) is 19.3 Å². The summed E-state index contributed by atoms with van der Waals surface area (Å²) in [5, 5.41) is 22.8. The zero-order valence-electron chi connectivity index (χ0n) is 12.0. The SMILES string of the molecule is COC(=O)c1cc(NC(C)(C)CCO)c([N+](=O)[O-])cc1F. The lowest BCUT2D eigenvalue weighted by molar-refractivity contribution is -0.384.